The lowest BCUT2D eigenvalue weighted by Crippen LogP contribution is -2.12. The number of rotatable bonds is 2. The van der Waals surface area contributed by atoms with E-state index in [2.05, 4.69) is 20.8 Å². The normalized spacial score (nSPS) is 11.0. The van der Waals surface area contributed by atoms with Crippen LogP contribution in [0, 0.1) is 24.1 Å². The van der Waals surface area contributed by atoms with E-state index in [1.54, 1.807) is 6.07 Å². The fourth-order valence-electron chi connectivity index (χ4n) is 2.11. The molecule has 0 heterocycles. The molecule has 0 atom stereocenters. The van der Waals surface area contributed by atoms with E-state index >= 15 is 0 Å². The number of hydrogen-bond donors (Lipinski definition) is 0. The summed E-state index contributed by atoms with van der Waals surface area (Å²) in [5.41, 5.74) is 2.23. The minimum Gasteiger partial charge on any atom is -0.454 e. The van der Waals surface area contributed by atoms with Crippen LogP contribution in [0.15, 0.2) is 36.4 Å². The molecule has 0 aromatic heterocycles. The van der Waals surface area contributed by atoms with E-state index in [1.807, 2.05) is 31.2 Å². The molecule has 0 saturated carbocycles. The number of nitrogens with zero attached hydrogens (tertiary/aromatic N) is 1. The van der Waals surface area contributed by atoms with E-state index in [0.29, 0.717) is 5.75 Å². The van der Waals surface area contributed by atoms with Crippen LogP contribution in [0.4, 0.5) is 4.39 Å². The summed E-state index contributed by atoms with van der Waals surface area (Å²) in [7, 11) is 0. The maximum absolute atomic E-state index is 14.0. The van der Waals surface area contributed by atoms with Crippen molar-refractivity contribution in [1.29, 1.82) is 5.26 Å². The summed E-state index contributed by atoms with van der Waals surface area (Å²) in [5, 5.41) is 8.77. The molecule has 0 aliphatic carbocycles. The highest BCUT2D eigenvalue weighted by Crippen LogP contribution is 2.35. The van der Waals surface area contributed by atoms with Crippen LogP contribution in [0.1, 0.15) is 37.5 Å². The van der Waals surface area contributed by atoms with E-state index in [9.17, 15) is 4.39 Å². The third kappa shape index (κ3) is 3.41. The van der Waals surface area contributed by atoms with Crippen LogP contribution in [0.5, 0.6) is 11.5 Å². The second-order valence-corrected chi connectivity index (χ2v) is 6.11. The van der Waals surface area contributed by atoms with Crippen molar-refractivity contribution in [2.75, 3.05) is 0 Å². The monoisotopic (exact) mass is 283 g/mol. The van der Waals surface area contributed by atoms with Crippen molar-refractivity contribution in [1.82, 2.24) is 0 Å². The van der Waals surface area contributed by atoms with E-state index < -0.39 is 5.82 Å². The fraction of sp³-hybridized carbons (Fsp3) is 0.278. The average Bonchev–Trinajstić information content (AvgIpc) is 2.39. The Labute approximate surface area is 124 Å². The van der Waals surface area contributed by atoms with Gasteiger partial charge in [-0.3, -0.25) is 0 Å². The highest BCUT2D eigenvalue weighted by atomic mass is 19.1. The number of hydrogen-bond acceptors (Lipinski definition) is 2. The first-order valence-corrected chi connectivity index (χ1v) is 6.80. The van der Waals surface area contributed by atoms with Crippen molar-refractivity contribution in [3.8, 4) is 17.6 Å². The summed E-state index contributed by atoms with van der Waals surface area (Å²) in [6.07, 6.45) is 0. The van der Waals surface area contributed by atoms with Crippen molar-refractivity contribution < 1.29 is 9.13 Å². The Balaban J connectivity index is 2.44. The molecule has 2 nitrogen and oxygen atoms in total. The lowest BCUT2D eigenvalue weighted by atomic mass is 9.86. The smallest absolute Gasteiger partial charge is 0.167 e. The SMILES string of the molecule is Cc1ccc(C(C)(C)C)c(Oc2ccc(C#N)cc2F)c1. The molecule has 3 heteroatoms. The summed E-state index contributed by atoms with van der Waals surface area (Å²) in [4.78, 5) is 0. The Morgan fingerprint density at radius 2 is 1.76 bits per heavy atom. The standard InChI is InChI=1S/C18H18FNO/c1-12-5-7-14(18(2,3)4)17(9-12)21-16-8-6-13(11-20)10-15(16)19/h5-10H,1-4H3. The van der Waals surface area contributed by atoms with Crippen molar-refractivity contribution >= 4 is 0 Å². The average molecular weight is 283 g/mol. The van der Waals surface area contributed by atoms with Crippen LogP contribution in [0.25, 0.3) is 0 Å². The fourth-order valence-corrected chi connectivity index (χ4v) is 2.11. The molecule has 0 unspecified atom stereocenters. The van der Waals surface area contributed by atoms with Gasteiger partial charge in [0.25, 0.3) is 0 Å². The van der Waals surface area contributed by atoms with E-state index in [0.717, 1.165) is 11.1 Å². The van der Waals surface area contributed by atoms with Gasteiger partial charge in [0.1, 0.15) is 5.75 Å². The van der Waals surface area contributed by atoms with Crippen LogP contribution in [0.3, 0.4) is 0 Å². The summed E-state index contributed by atoms with van der Waals surface area (Å²) >= 11 is 0. The van der Waals surface area contributed by atoms with Gasteiger partial charge in [-0.05, 0) is 42.2 Å². The number of benzene rings is 2. The minimum atomic E-state index is -0.532. The van der Waals surface area contributed by atoms with Gasteiger partial charge in [0.05, 0.1) is 11.6 Å². The molecule has 108 valence electrons. The Kier molecular flexibility index (Phi) is 3.99. The molecule has 0 radical (unpaired) electrons. The zero-order chi connectivity index (χ0) is 15.6. The van der Waals surface area contributed by atoms with Gasteiger partial charge in [-0.15, -0.1) is 0 Å². The maximum Gasteiger partial charge on any atom is 0.167 e. The predicted octanol–water partition coefficient (Wildman–Crippen LogP) is 5.10. The first-order chi connectivity index (χ1) is 9.81. The predicted molar refractivity (Wildman–Crippen MR) is 81.1 cm³/mol. The van der Waals surface area contributed by atoms with E-state index in [4.69, 9.17) is 10.00 Å². The number of aryl methyl sites for hydroxylation is 1. The lowest BCUT2D eigenvalue weighted by molar-refractivity contribution is 0.424. The highest BCUT2D eigenvalue weighted by Gasteiger charge is 2.20. The molecule has 0 N–H and O–H groups in total. The zero-order valence-corrected chi connectivity index (χ0v) is 12.7. The Bertz CT molecular complexity index is 708. The second-order valence-electron chi connectivity index (χ2n) is 6.11. The highest BCUT2D eigenvalue weighted by molar-refractivity contribution is 5.45. The molecular formula is C18H18FNO. The summed E-state index contributed by atoms with van der Waals surface area (Å²) in [5.74, 6) is 0.242. The number of nitriles is 1. The Hall–Kier alpha value is -2.34. The van der Waals surface area contributed by atoms with Crippen LogP contribution in [0.2, 0.25) is 0 Å². The third-order valence-electron chi connectivity index (χ3n) is 3.23. The lowest BCUT2D eigenvalue weighted by Gasteiger charge is -2.23. The van der Waals surface area contributed by atoms with Gasteiger partial charge in [-0.1, -0.05) is 32.9 Å². The largest absolute Gasteiger partial charge is 0.454 e. The van der Waals surface area contributed by atoms with Gasteiger partial charge < -0.3 is 4.74 Å². The number of halogens is 1. The topological polar surface area (TPSA) is 33.0 Å². The van der Waals surface area contributed by atoms with Gasteiger partial charge in [-0.25, -0.2) is 4.39 Å². The molecule has 0 aliphatic rings. The van der Waals surface area contributed by atoms with Crippen LogP contribution in [-0.4, -0.2) is 0 Å². The van der Waals surface area contributed by atoms with Crippen molar-refractivity contribution in [3.05, 3.63) is 58.9 Å². The summed E-state index contributed by atoms with van der Waals surface area (Å²) < 4.78 is 19.7. The first-order valence-electron chi connectivity index (χ1n) is 6.80. The van der Waals surface area contributed by atoms with Crippen LogP contribution in [-0.2, 0) is 5.41 Å². The summed E-state index contributed by atoms with van der Waals surface area (Å²) in [6, 6.07) is 12.0. The Morgan fingerprint density at radius 1 is 1.05 bits per heavy atom. The zero-order valence-electron chi connectivity index (χ0n) is 12.7. The molecule has 21 heavy (non-hydrogen) atoms. The molecule has 2 aromatic carbocycles. The van der Waals surface area contributed by atoms with Gasteiger partial charge >= 0.3 is 0 Å². The molecule has 0 amide bonds. The van der Waals surface area contributed by atoms with Gasteiger partial charge in [0.15, 0.2) is 11.6 Å². The first kappa shape index (κ1) is 15.1. The number of ether oxygens (including phenoxy) is 1. The minimum absolute atomic E-state index is 0.105. The van der Waals surface area contributed by atoms with Crippen molar-refractivity contribution in [2.45, 2.75) is 33.1 Å². The quantitative estimate of drug-likeness (QED) is 0.768. The molecule has 0 spiro atoms. The molecular weight excluding hydrogens is 265 g/mol. The van der Waals surface area contributed by atoms with E-state index in [1.165, 1.54) is 12.1 Å². The van der Waals surface area contributed by atoms with E-state index in [-0.39, 0.29) is 16.7 Å². The van der Waals surface area contributed by atoms with Crippen molar-refractivity contribution in [2.24, 2.45) is 0 Å². The Morgan fingerprint density at radius 3 is 2.33 bits per heavy atom. The molecule has 2 rings (SSSR count). The van der Waals surface area contributed by atoms with Gasteiger partial charge in [0, 0.05) is 5.56 Å². The maximum atomic E-state index is 14.0. The molecule has 0 bridgehead atoms. The molecule has 0 saturated heterocycles. The van der Waals surface area contributed by atoms with Crippen LogP contribution >= 0.6 is 0 Å². The second kappa shape index (κ2) is 5.57. The van der Waals surface area contributed by atoms with Gasteiger partial charge in [-0.2, -0.15) is 5.26 Å². The molecule has 0 aliphatic heterocycles. The summed E-state index contributed by atoms with van der Waals surface area (Å²) in [6.45, 7) is 8.22. The van der Waals surface area contributed by atoms with Gasteiger partial charge in [0.2, 0.25) is 0 Å². The molecule has 0 fully saturated rings. The third-order valence-corrected chi connectivity index (χ3v) is 3.23. The van der Waals surface area contributed by atoms with Crippen LogP contribution < -0.4 is 4.74 Å². The molecule has 2 aromatic rings. The van der Waals surface area contributed by atoms with Crippen molar-refractivity contribution in [3.63, 3.8) is 0 Å².